The maximum absolute atomic E-state index is 12.5. The molecule has 146 valence electrons. The van der Waals surface area contributed by atoms with Crippen LogP contribution in [0.4, 0.5) is 0 Å². The van der Waals surface area contributed by atoms with Gasteiger partial charge in [0.2, 0.25) is 0 Å². The number of carbonyl (C=O) groups excluding carboxylic acids is 2. The average molecular weight is 417 g/mol. The van der Waals surface area contributed by atoms with E-state index < -0.39 is 11.8 Å². The van der Waals surface area contributed by atoms with E-state index in [1.165, 1.54) is 11.3 Å². The first-order valence-corrected chi connectivity index (χ1v) is 9.87. The van der Waals surface area contributed by atoms with E-state index in [1.807, 2.05) is 18.2 Å². The maximum Gasteiger partial charge on any atom is 0.281 e. The Bertz CT molecular complexity index is 1040. The van der Waals surface area contributed by atoms with Crippen LogP contribution in [-0.4, -0.2) is 18.9 Å². The van der Waals surface area contributed by atoms with Gasteiger partial charge in [0.15, 0.2) is 0 Å². The van der Waals surface area contributed by atoms with Crippen LogP contribution in [0.5, 0.6) is 5.75 Å². The molecule has 2 amide bonds. The SMILES string of the molecule is COc1ccc2c(Cl)c(C(=O)NNC(=O)c3ccc(C(C)(C)C)cc3)sc2c1. The highest BCUT2D eigenvalue weighted by Gasteiger charge is 2.19. The minimum atomic E-state index is -0.468. The smallest absolute Gasteiger partial charge is 0.281 e. The van der Waals surface area contributed by atoms with Crippen LogP contribution in [0.2, 0.25) is 5.02 Å². The van der Waals surface area contributed by atoms with Gasteiger partial charge in [-0.2, -0.15) is 0 Å². The topological polar surface area (TPSA) is 67.4 Å². The molecule has 1 heterocycles. The maximum atomic E-state index is 12.5. The van der Waals surface area contributed by atoms with Gasteiger partial charge < -0.3 is 4.74 Å². The van der Waals surface area contributed by atoms with Crippen LogP contribution in [0.25, 0.3) is 10.1 Å². The molecule has 0 fully saturated rings. The van der Waals surface area contributed by atoms with Gasteiger partial charge in [-0.05, 0) is 41.3 Å². The second kappa shape index (κ2) is 7.81. The number of amides is 2. The van der Waals surface area contributed by atoms with Gasteiger partial charge in [0.1, 0.15) is 10.6 Å². The van der Waals surface area contributed by atoms with Crippen molar-refractivity contribution < 1.29 is 14.3 Å². The number of fused-ring (bicyclic) bond motifs is 1. The van der Waals surface area contributed by atoms with Crippen molar-refractivity contribution in [2.24, 2.45) is 0 Å². The quantitative estimate of drug-likeness (QED) is 0.594. The number of methoxy groups -OCH3 is 1. The summed E-state index contributed by atoms with van der Waals surface area (Å²) in [5, 5.41) is 1.12. The Hall–Kier alpha value is -2.57. The minimum Gasteiger partial charge on any atom is -0.497 e. The first-order chi connectivity index (χ1) is 13.2. The van der Waals surface area contributed by atoms with Gasteiger partial charge in [0.05, 0.1) is 12.1 Å². The molecule has 7 heteroatoms. The molecule has 0 bridgehead atoms. The molecule has 3 rings (SSSR count). The van der Waals surface area contributed by atoms with E-state index >= 15 is 0 Å². The number of thiophene rings is 1. The van der Waals surface area contributed by atoms with Crippen molar-refractivity contribution in [3.8, 4) is 5.75 Å². The lowest BCUT2D eigenvalue weighted by molar-refractivity contribution is 0.0849. The zero-order chi connectivity index (χ0) is 20.5. The molecule has 0 radical (unpaired) electrons. The van der Waals surface area contributed by atoms with Crippen LogP contribution < -0.4 is 15.6 Å². The van der Waals surface area contributed by atoms with Gasteiger partial charge >= 0.3 is 0 Å². The fourth-order valence-electron chi connectivity index (χ4n) is 2.68. The molecular weight excluding hydrogens is 396 g/mol. The number of carbonyl (C=O) groups is 2. The molecule has 0 spiro atoms. The van der Waals surface area contributed by atoms with E-state index in [0.717, 1.165) is 15.6 Å². The average Bonchev–Trinajstić information content (AvgIpc) is 3.01. The number of hydrogen-bond acceptors (Lipinski definition) is 4. The highest BCUT2D eigenvalue weighted by atomic mass is 35.5. The zero-order valence-electron chi connectivity index (χ0n) is 16.1. The van der Waals surface area contributed by atoms with Crippen LogP contribution in [0, 0.1) is 0 Å². The van der Waals surface area contributed by atoms with Crippen LogP contribution in [0.1, 0.15) is 46.4 Å². The van der Waals surface area contributed by atoms with Crippen molar-refractivity contribution in [1.29, 1.82) is 0 Å². The standard InChI is InChI=1S/C21H21ClN2O3S/c1-21(2,3)13-7-5-12(6-8-13)19(25)23-24-20(26)18-17(22)15-10-9-14(27-4)11-16(15)28-18/h5-11H,1-4H3,(H,23,25)(H,24,26). The Morgan fingerprint density at radius 1 is 1.00 bits per heavy atom. The molecule has 0 saturated heterocycles. The van der Waals surface area contributed by atoms with E-state index in [4.69, 9.17) is 16.3 Å². The summed E-state index contributed by atoms with van der Waals surface area (Å²) in [6.45, 7) is 6.31. The number of hydrazine groups is 1. The van der Waals surface area contributed by atoms with Gasteiger partial charge in [-0.15, -0.1) is 11.3 Å². The molecule has 2 aromatic carbocycles. The van der Waals surface area contributed by atoms with Crippen LogP contribution in [-0.2, 0) is 5.41 Å². The van der Waals surface area contributed by atoms with Crippen LogP contribution in [0.3, 0.4) is 0 Å². The Labute approximate surface area is 172 Å². The van der Waals surface area contributed by atoms with Gasteiger partial charge in [-0.1, -0.05) is 44.5 Å². The Balaban J connectivity index is 1.70. The summed E-state index contributed by atoms with van der Waals surface area (Å²) < 4.78 is 6.03. The van der Waals surface area contributed by atoms with E-state index in [9.17, 15) is 9.59 Å². The van der Waals surface area contributed by atoms with Crippen molar-refractivity contribution in [2.45, 2.75) is 26.2 Å². The summed E-state index contributed by atoms with van der Waals surface area (Å²) in [4.78, 5) is 25.1. The highest BCUT2D eigenvalue weighted by molar-refractivity contribution is 7.21. The molecule has 0 saturated carbocycles. The molecule has 0 aliphatic carbocycles. The molecule has 3 aromatic rings. The third-order valence-corrected chi connectivity index (χ3v) is 6.00. The number of rotatable bonds is 3. The summed E-state index contributed by atoms with van der Waals surface area (Å²) >= 11 is 7.57. The molecule has 0 atom stereocenters. The molecule has 1 aromatic heterocycles. The van der Waals surface area contributed by atoms with Crippen molar-refractivity contribution >= 4 is 44.8 Å². The lowest BCUT2D eigenvalue weighted by Gasteiger charge is -2.19. The van der Waals surface area contributed by atoms with Crippen molar-refractivity contribution in [1.82, 2.24) is 10.9 Å². The third kappa shape index (κ3) is 4.13. The van der Waals surface area contributed by atoms with Crippen LogP contribution in [0.15, 0.2) is 42.5 Å². The van der Waals surface area contributed by atoms with Crippen molar-refractivity contribution in [2.75, 3.05) is 7.11 Å². The summed E-state index contributed by atoms with van der Waals surface area (Å²) in [5.41, 5.74) is 6.45. The first kappa shape index (κ1) is 20.2. The van der Waals surface area contributed by atoms with Crippen LogP contribution >= 0.6 is 22.9 Å². The number of halogens is 1. The van der Waals surface area contributed by atoms with Gasteiger partial charge in [-0.3, -0.25) is 20.4 Å². The molecule has 0 unspecified atom stereocenters. The lowest BCUT2D eigenvalue weighted by Crippen LogP contribution is -2.41. The van der Waals surface area contributed by atoms with E-state index in [-0.39, 0.29) is 5.41 Å². The predicted molar refractivity (Wildman–Crippen MR) is 113 cm³/mol. The first-order valence-electron chi connectivity index (χ1n) is 8.68. The van der Waals surface area contributed by atoms with Gasteiger partial charge in [-0.25, -0.2) is 0 Å². The fraction of sp³-hybridized carbons (Fsp3) is 0.238. The zero-order valence-corrected chi connectivity index (χ0v) is 17.6. The third-order valence-electron chi connectivity index (χ3n) is 4.35. The van der Waals surface area contributed by atoms with Crippen molar-refractivity contribution in [3.05, 3.63) is 63.5 Å². The lowest BCUT2D eigenvalue weighted by atomic mass is 9.87. The Morgan fingerprint density at radius 2 is 1.64 bits per heavy atom. The number of hydrogen-bond donors (Lipinski definition) is 2. The Morgan fingerprint density at radius 3 is 2.25 bits per heavy atom. The highest BCUT2D eigenvalue weighted by Crippen LogP contribution is 2.37. The molecule has 0 aliphatic rings. The van der Waals surface area contributed by atoms with E-state index in [0.29, 0.717) is 21.2 Å². The molecular formula is C21H21ClN2O3S. The summed E-state index contributed by atoms with van der Waals surface area (Å²) in [7, 11) is 1.58. The normalized spacial score (nSPS) is 11.3. The minimum absolute atomic E-state index is 0.00380. The number of benzene rings is 2. The molecule has 28 heavy (non-hydrogen) atoms. The molecule has 2 N–H and O–H groups in total. The monoisotopic (exact) mass is 416 g/mol. The predicted octanol–water partition coefficient (Wildman–Crippen LogP) is 4.94. The Kier molecular flexibility index (Phi) is 5.63. The summed E-state index contributed by atoms with van der Waals surface area (Å²) in [6.07, 6.45) is 0. The largest absolute Gasteiger partial charge is 0.497 e. The van der Waals surface area contributed by atoms with Gasteiger partial charge in [0, 0.05) is 15.6 Å². The summed E-state index contributed by atoms with van der Waals surface area (Å²) in [6, 6.07) is 12.7. The van der Waals surface area contributed by atoms with Crippen molar-refractivity contribution in [3.63, 3.8) is 0 Å². The number of nitrogens with one attached hydrogen (secondary N) is 2. The fourth-order valence-corrected chi connectivity index (χ4v) is 4.12. The second-order valence-corrected chi connectivity index (χ2v) is 8.77. The summed E-state index contributed by atoms with van der Waals surface area (Å²) in [5.74, 6) is -0.179. The van der Waals surface area contributed by atoms with E-state index in [1.54, 1.807) is 31.4 Å². The molecule has 0 aliphatic heterocycles. The van der Waals surface area contributed by atoms with E-state index in [2.05, 4.69) is 31.6 Å². The second-order valence-electron chi connectivity index (χ2n) is 7.34. The number of ether oxygens (including phenoxy) is 1. The van der Waals surface area contributed by atoms with Gasteiger partial charge in [0.25, 0.3) is 11.8 Å². The molecule has 5 nitrogen and oxygen atoms in total.